The predicted octanol–water partition coefficient (Wildman–Crippen LogP) is 2.83. The van der Waals surface area contributed by atoms with Crippen molar-refractivity contribution < 1.29 is 9.59 Å². The second kappa shape index (κ2) is 7.70. The summed E-state index contributed by atoms with van der Waals surface area (Å²) in [5.74, 6) is 2.14. The fraction of sp³-hybridized carbons (Fsp3) is 0.727. The number of aromatic nitrogens is 2. The first-order chi connectivity index (χ1) is 14.4. The summed E-state index contributed by atoms with van der Waals surface area (Å²) in [5.41, 5.74) is 0.509. The van der Waals surface area contributed by atoms with Gasteiger partial charge in [0.2, 0.25) is 5.91 Å². The SMILES string of the molecule is Cn1cnc(C(=O)N2CCC(CC3(C)SC(=N[C@H]4C[C@H]5CC[C@H]4C5)NC3=O)CC2)c1. The molecule has 2 amide bonds. The van der Waals surface area contributed by atoms with E-state index in [0.717, 1.165) is 49.4 Å². The molecule has 5 rings (SSSR count). The van der Waals surface area contributed by atoms with E-state index in [9.17, 15) is 9.59 Å². The Morgan fingerprint density at radius 1 is 1.30 bits per heavy atom. The van der Waals surface area contributed by atoms with Gasteiger partial charge in [0.1, 0.15) is 5.69 Å². The van der Waals surface area contributed by atoms with E-state index in [1.165, 1.54) is 25.7 Å². The van der Waals surface area contributed by atoms with E-state index in [2.05, 4.69) is 17.2 Å². The molecule has 1 N–H and O–H groups in total. The molecule has 2 aliphatic heterocycles. The number of amides is 2. The van der Waals surface area contributed by atoms with Crippen molar-refractivity contribution in [3.8, 4) is 0 Å². The Labute approximate surface area is 182 Å². The average molecular weight is 430 g/mol. The Hall–Kier alpha value is -1.83. The van der Waals surface area contributed by atoms with Crippen molar-refractivity contribution in [1.82, 2.24) is 19.8 Å². The lowest BCUT2D eigenvalue weighted by molar-refractivity contribution is -0.121. The molecule has 30 heavy (non-hydrogen) atoms. The van der Waals surface area contributed by atoms with Gasteiger partial charge in [-0.25, -0.2) is 4.98 Å². The number of rotatable bonds is 4. The van der Waals surface area contributed by atoms with Gasteiger partial charge in [0.15, 0.2) is 5.17 Å². The summed E-state index contributed by atoms with van der Waals surface area (Å²) in [6.07, 6.45) is 11.3. The molecule has 2 aliphatic carbocycles. The zero-order valence-electron chi connectivity index (χ0n) is 17.8. The highest BCUT2D eigenvalue weighted by Gasteiger charge is 2.46. The number of aryl methyl sites for hydroxylation is 1. The number of nitrogens with zero attached hydrogens (tertiary/aromatic N) is 4. The Morgan fingerprint density at radius 2 is 2.10 bits per heavy atom. The lowest BCUT2D eigenvalue weighted by Gasteiger charge is -2.34. The van der Waals surface area contributed by atoms with Crippen LogP contribution in [0.25, 0.3) is 0 Å². The van der Waals surface area contributed by atoms with Crippen LogP contribution in [0, 0.1) is 17.8 Å². The molecule has 0 radical (unpaired) electrons. The molecule has 1 aromatic rings. The third-order valence-corrected chi connectivity index (χ3v) is 8.71. The first kappa shape index (κ1) is 20.1. The summed E-state index contributed by atoms with van der Waals surface area (Å²) >= 11 is 1.63. The summed E-state index contributed by atoms with van der Waals surface area (Å²) in [7, 11) is 1.87. The number of likely N-dealkylation sites (tertiary alicyclic amines) is 1. The Balaban J connectivity index is 1.16. The molecule has 4 atom stereocenters. The number of nitrogens with one attached hydrogen (secondary N) is 1. The van der Waals surface area contributed by atoms with Crippen LogP contribution in [-0.2, 0) is 11.8 Å². The molecular formula is C22H31N5O2S. The first-order valence-electron chi connectivity index (χ1n) is 11.2. The molecule has 2 saturated carbocycles. The summed E-state index contributed by atoms with van der Waals surface area (Å²) in [5, 5.41) is 3.91. The fourth-order valence-electron chi connectivity index (χ4n) is 5.80. The first-order valence-corrected chi connectivity index (χ1v) is 12.1. The van der Waals surface area contributed by atoms with Crippen molar-refractivity contribution >= 4 is 28.7 Å². The maximum absolute atomic E-state index is 12.8. The second-order valence-electron chi connectivity index (χ2n) is 9.83. The number of carbonyl (C=O) groups excluding carboxylic acids is 2. The van der Waals surface area contributed by atoms with Crippen LogP contribution in [0.15, 0.2) is 17.5 Å². The van der Waals surface area contributed by atoms with Crippen molar-refractivity contribution in [2.24, 2.45) is 29.8 Å². The molecule has 0 aromatic carbocycles. The van der Waals surface area contributed by atoms with Crippen LogP contribution in [-0.4, -0.2) is 55.3 Å². The summed E-state index contributed by atoms with van der Waals surface area (Å²) in [6.45, 7) is 3.52. The van der Waals surface area contributed by atoms with Crippen molar-refractivity contribution in [1.29, 1.82) is 0 Å². The van der Waals surface area contributed by atoms with E-state index in [1.54, 1.807) is 28.9 Å². The third-order valence-electron chi connectivity index (χ3n) is 7.51. The van der Waals surface area contributed by atoms with Gasteiger partial charge in [-0.05, 0) is 63.2 Å². The molecule has 162 valence electrons. The van der Waals surface area contributed by atoms with Gasteiger partial charge in [-0.2, -0.15) is 0 Å². The standard InChI is InChI=1S/C22H31N5O2S/c1-22(20(29)25-21(30-22)24-17-10-15-3-4-16(17)9-15)11-14-5-7-27(8-6-14)19(28)18-12-26(2)13-23-18/h12-17H,3-11H2,1-2H3,(H,24,25,29)/t15-,16-,17-,22?/m0/s1. The maximum Gasteiger partial charge on any atom is 0.274 e. The number of carbonyl (C=O) groups is 2. The topological polar surface area (TPSA) is 79.6 Å². The van der Waals surface area contributed by atoms with E-state index in [0.29, 0.717) is 17.7 Å². The zero-order chi connectivity index (χ0) is 20.9. The Morgan fingerprint density at radius 3 is 2.73 bits per heavy atom. The number of hydrogen-bond donors (Lipinski definition) is 1. The van der Waals surface area contributed by atoms with Gasteiger partial charge in [-0.15, -0.1) is 0 Å². The summed E-state index contributed by atoms with van der Waals surface area (Å²) in [4.78, 5) is 36.4. The van der Waals surface area contributed by atoms with E-state index in [4.69, 9.17) is 4.99 Å². The van der Waals surface area contributed by atoms with Crippen molar-refractivity contribution in [3.63, 3.8) is 0 Å². The normalized spacial score (nSPS) is 35.4. The van der Waals surface area contributed by atoms with Gasteiger partial charge in [0.05, 0.1) is 17.1 Å². The minimum Gasteiger partial charge on any atom is -0.340 e. The van der Waals surface area contributed by atoms with E-state index in [1.807, 2.05) is 11.9 Å². The highest BCUT2D eigenvalue weighted by atomic mass is 32.2. The van der Waals surface area contributed by atoms with Gasteiger partial charge >= 0.3 is 0 Å². The number of aliphatic imine (C=N–C) groups is 1. The quantitative estimate of drug-likeness (QED) is 0.798. The lowest BCUT2D eigenvalue weighted by Crippen LogP contribution is -2.42. The maximum atomic E-state index is 12.8. The number of piperidine rings is 1. The molecule has 1 unspecified atom stereocenters. The molecule has 7 nitrogen and oxygen atoms in total. The van der Waals surface area contributed by atoms with Gasteiger partial charge in [0, 0.05) is 26.3 Å². The highest BCUT2D eigenvalue weighted by Crippen LogP contribution is 2.47. The van der Waals surface area contributed by atoms with Crippen LogP contribution >= 0.6 is 11.8 Å². The smallest absolute Gasteiger partial charge is 0.274 e. The van der Waals surface area contributed by atoms with Crippen molar-refractivity contribution in [3.05, 3.63) is 18.2 Å². The molecule has 4 aliphatic rings. The van der Waals surface area contributed by atoms with Gasteiger partial charge in [-0.3, -0.25) is 14.6 Å². The minimum atomic E-state index is -0.450. The highest BCUT2D eigenvalue weighted by molar-refractivity contribution is 8.16. The number of fused-ring (bicyclic) bond motifs is 2. The van der Waals surface area contributed by atoms with E-state index < -0.39 is 4.75 Å². The van der Waals surface area contributed by atoms with Gasteiger partial charge < -0.3 is 14.8 Å². The zero-order valence-corrected chi connectivity index (χ0v) is 18.7. The van der Waals surface area contributed by atoms with Crippen LogP contribution < -0.4 is 5.32 Å². The number of amidine groups is 1. The number of imidazole rings is 1. The monoisotopic (exact) mass is 429 g/mol. The molecule has 2 saturated heterocycles. The second-order valence-corrected chi connectivity index (χ2v) is 11.3. The third kappa shape index (κ3) is 3.79. The molecule has 0 spiro atoms. The number of hydrogen-bond acceptors (Lipinski definition) is 5. The van der Waals surface area contributed by atoms with E-state index >= 15 is 0 Å². The molecule has 3 heterocycles. The Bertz CT molecular complexity index is 875. The van der Waals surface area contributed by atoms with Gasteiger partial charge in [-0.1, -0.05) is 18.2 Å². The fourth-order valence-corrected chi connectivity index (χ4v) is 7.03. The molecule has 1 aromatic heterocycles. The largest absolute Gasteiger partial charge is 0.340 e. The molecule has 2 bridgehead atoms. The van der Waals surface area contributed by atoms with Crippen LogP contribution in [0.5, 0.6) is 0 Å². The number of thioether (sulfide) groups is 1. The van der Waals surface area contributed by atoms with Crippen LogP contribution in [0.2, 0.25) is 0 Å². The van der Waals surface area contributed by atoms with E-state index in [-0.39, 0.29) is 11.8 Å². The molecular weight excluding hydrogens is 398 g/mol. The molecule has 4 fully saturated rings. The lowest BCUT2D eigenvalue weighted by atomic mass is 9.87. The predicted molar refractivity (Wildman–Crippen MR) is 117 cm³/mol. The van der Waals surface area contributed by atoms with Crippen LogP contribution in [0.1, 0.15) is 62.4 Å². The van der Waals surface area contributed by atoms with Crippen LogP contribution in [0.4, 0.5) is 0 Å². The van der Waals surface area contributed by atoms with Crippen molar-refractivity contribution in [2.75, 3.05) is 13.1 Å². The Kier molecular flexibility index (Phi) is 5.16. The summed E-state index contributed by atoms with van der Waals surface area (Å²) in [6, 6.07) is 0.412. The average Bonchev–Trinajstić information content (AvgIpc) is 3.48. The van der Waals surface area contributed by atoms with Crippen molar-refractivity contribution in [2.45, 2.75) is 62.7 Å². The summed E-state index contributed by atoms with van der Waals surface area (Å²) < 4.78 is 1.35. The molecule has 8 heteroatoms. The van der Waals surface area contributed by atoms with Gasteiger partial charge in [0.25, 0.3) is 5.91 Å². The van der Waals surface area contributed by atoms with Crippen LogP contribution in [0.3, 0.4) is 0 Å². The minimum absolute atomic E-state index is 0.00790.